The van der Waals surface area contributed by atoms with Crippen LogP contribution in [-0.2, 0) is 11.2 Å². The zero-order valence-corrected chi connectivity index (χ0v) is 13.7. The lowest BCUT2D eigenvalue weighted by molar-refractivity contribution is 0.306. The normalized spacial score (nSPS) is 22.0. The van der Waals surface area contributed by atoms with Gasteiger partial charge in [-0.1, -0.05) is 13.8 Å². The highest BCUT2D eigenvalue weighted by molar-refractivity contribution is 5.36. The van der Waals surface area contributed by atoms with Crippen molar-refractivity contribution in [3.05, 3.63) is 40.7 Å². The third-order valence-electron chi connectivity index (χ3n) is 4.74. The van der Waals surface area contributed by atoms with Gasteiger partial charge in [0.05, 0.1) is 14.2 Å². The summed E-state index contributed by atoms with van der Waals surface area (Å²) in [5.41, 5.74) is -1.04. The van der Waals surface area contributed by atoms with Crippen molar-refractivity contribution in [3.63, 3.8) is 0 Å². The van der Waals surface area contributed by atoms with Gasteiger partial charge in [-0.3, -0.25) is 0 Å². The number of allylic oxidation sites excluding steroid dienone is 2. The molecule has 0 amide bonds. The van der Waals surface area contributed by atoms with E-state index in [0.717, 1.165) is 7.11 Å². The Morgan fingerprint density at radius 2 is 1.67 bits per heavy atom. The average Bonchev–Trinajstić information content (AvgIpc) is 3.06. The van der Waals surface area contributed by atoms with Crippen LogP contribution in [0.3, 0.4) is 0 Å². The minimum absolute atomic E-state index is 0.0867. The first-order valence-electron chi connectivity index (χ1n) is 7.25. The lowest BCUT2D eigenvalue weighted by atomic mass is 10.0. The molecule has 0 spiro atoms. The van der Waals surface area contributed by atoms with Gasteiger partial charge >= 0.3 is 0 Å². The van der Waals surface area contributed by atoms with Crippen LogP contribution in [0.1, 0.15) is 19.4 Å². The van der Waals surface area contributed by atoms with Crippen molar-refractivity contribution < 1.29 is 27.0 Å². The van der Waals surface area contributed by atoms with Crippen molar-refractivity contribution in [2.75, 3.05) is 14.2 Å². The minimum atomic E-state index is -1.55. The van der Waals surface area contributed by atoms with E-state index in [1.54, 1.807) is 6.08 Å². The fourth-order valence-electron chi connectivity index (χ4n) is 3.06. The maximum Gasteiger partial charge on any atom is 0.204 e. The number of hydrogen-bond donors (Lipinski definition) is 0. The summed E-state index contributed by atoms with van der Waals surface area (Å²) < 4.78 is 65.0. The predicted molar refractivity (Wildman–Crippen MR) is 78.0 cm³/mol. The predicted octanol–water partition coefficient (Wildman–Crippen LogP) is 4.12. The van der Waals surface area contributed by atoms with Gasteiger partial charge in [0.1, 0.15) is 6.07 Å². The lowest BCUT2D eigenvalue weighted by Crippen LogP contribution is -2.08. The second-order valence-electron chi connectivity index (χ2n) is 6.27. The number of nitriles is 1. The first-order chi connectivity index (χ1) is 11.2. The largest absolute Gasteiger partial charge is 0.491 e. The first-order valence-corrected chi connectivity index (χ1v) is 7.25. The molecule has 1 saturated carbocycles. The zero-order chi connectivity index (χ0) is 18.2. The molecule has 3 nitrogen and oxygen atoms in total. The van der Waals surface area contributed by atoms with Crippen molar-refractivity contribution in [2.45, 2.75) is 20.3 Å². The Morgan fingerprint density at radius 3 is 2.08 bits per heavy atom. The van der Waals surface area contributed by atoms with Gasteiger partial charge in [0.2, 0.25) is 11.6 Å². The highest BCUT2D eigenvalue weighted by atomic mass is 19.2. The number of rotatable bonds is 5. The number of benzene rings is 1. The Bertz CT molecular complexity index is 708. The number of halogens is 4. The molecule has 2 rings (SSSR count). The van der Waals surface area contributed by atoms with Crippen LogP contribution in [0, 0.1) is 51.9 Å². The summed E-state index contributed by atoms with van der Waals surface area (Å²) in [6.07, 6.45) is 1.36. The Hall–Kier alpha value is -2.23. The van der Waals surface area contributed by atoms with Crippen LogP contribution in [0.2, 0.25) is 0 Å². The molecule has 7 heteroatoms. The molecule has 0 aromatic heterocycles. The standard InChI is InChI=1S/C17H17F4NO2/c1-17(2)10(5-8(7-22)23-3)11(17)6-9-12(18)14(20)16(24-4)15(21)13(9)19/h5,10-11H,6H2,1-4H3/b8-5+/t10-,11-/m1/s1. The van der Waals surface area contributed by atoms with Crippen LogP contribution in [0.4, 0.5) is 17.6 Å². The molecule has 2 atom stereocenters. The molecule has 0 unspecified atom stereocenters. The molecule has 24 heavy (non-hydrogen) atoms. The average molecular weight is 343 g/mol. The van der Waals surface area contributed by atoms with Crippen LogP contribution in [0.25, 0.3) is 0 Å². The summed E-state index contributed by atoms with van der Waals surface area (Å²) in [5.74, 6) is -7.48. The second-order valence-corrected chi connectivity index (χ2v) is 6.27. The summed E-state index contributed by atoms with van der Waals surface area (Å²) in [5, 5.41) is 8.89. The van der Waals surface area contributed by atoms with Gasteiger partial charge in [0.15, 0.2) is 23.1 Å². The fraction of sp³-hybridized carbons (Fsp3) is 0.471. The van der Waals surface area contributed by atoms with Gasteiger partial charge in [-0.25, -0.2) is 8.78 Å². The fourth-order valence-corrected chi connectivity index (χ4v) is 3.06. The molecule has 130 valence electrons. The van der Waals surface area contributed by atoms with Crippen LogP contribution < -0.4 is 4.74 Å². The van der Waals surface area contributed by atoms with E-state index in [0.29, 0.717) is 0 Å². The van der Waals surface area contributed by atoms with Crippen molar-refractivity contribution in [3.8, 4) is 11.8 Å². The van der Waals surface area contributed by atoms with E-state index in [1.165, 1.54) is 7.11 Å². The Labute approximate surface area is 137 Å². The molecule has 1 aliphatic rings. The van der Waals surface area contributed by atoms with E-state index >= 15 is 0 Å². The lowest BCUT2D eigenvalue weighted by Gasteiger charge is -2.11. The quantitative estimate of drug-likeness (QED) is 0.350. The van der Waals surface area contributed by atoms with Crippen molar-refractivity contribution in [1.82, 2.24) is 0 Å². The molecule has 0 saturated heterocycles. The third-order valence-corrected chi connectivity index (χ3v) is 4.74. The third kappa shape index (κ3) is 2.81. The van der Waals surface area contributed by atoms with Gasteiger partial charge < -0.3 is 9.47 Å². The van der Waals surface area contributed by atoms with E-state index in [2.05, 4.69) is 4.74 Å². The van der Waals surface area contributed by atoms with E-state index in [1.807, 2.05) is 19.9 Å². The van der Waals surface area contributed by atoms with Crippen molar-refractivity contribution >= 4 is 0 Å². The summed E-state index contributed by atoms with van der Waals surface area (Å²) >= 11 is 0. The molecule has 0 bridgehead atoms. The summed E-state index contributed by atoms with van der Waals surface area (Å²) in [7, 11) is 2.27. The van der Waals surface area contributed by atoms with Crippen LogP contribution in [-0.4, -0.2) is 14.2 Å². The van der Waals surface area contributed by atoms with Gasteiger partial charge in [-0.2, -0.15) is 14.0 Å². The molecular formula is C17H17F4NO2. The Balaban J connectivity index is 2.37. The van der Waals surface area contributed by atoms with E-state index in [-0.39, 0.29) is 29.4 Å². The Kier molecular flexibility index (Phi) is 4.79. The van der Waals surface area contributed by atoms with E-state index in [4.69, 9.17) is 10.00 Å². The van der Waals surface area contributed by atoms with Gasteiger partial charge in [-0.05, 0) is 29.7 Å². The topological polar surface area (TPSA) is 42.2 Å². The summed E-state index contributed by atoms with van der Waals surface area (Å²) in [6, 6.07) is 1.86. The second kappa shape index (κ2) is 6.34. The highest BCUT2D eigenvalue weighted by Gasteiger charge is 2.56. The van der Waals surface area contributed by atoms with Gasteiger partial charge in [-0.15, -0.1) is 0 Å². The zero-order valence-electron chi connectivity index (χ0n) is 13.7. The Morgan fingerprint density at radius 1 is 1.12 bits per heavy atom. The van der Waals surface area contributed by atoms with Crippen LogP contribution in [0.15, 0.2) is 11.8 Å². The highest BCUT2D eigenvalue weighted by Crippen LogP contribution is 2.61. The molecule has 0 radical (unpaired) electrons. The SMILES string of the molecule is CO/C(C#N)=C/[C@@H]1[C@@H](Cc2c(F)c(F)c(OC)c(F)c2F)C1(C)C. The molecule has 0 N–H and O–H groups in total. The molecule has 0 aliphatic heterocycles. The first kappa shape index (κ1) is 18.1. The van der Waals surface area contributed by atoms with E-state index in [9.17, 15) is 17.6 Å². The smallest absolute Gasteiger partial charge is 0.204 e. The molecule has 0 heterocycles. The molecule has 1 aromatic rings. The van der Waals surface area contributed by atoms with Crippen molar-refractivity contribution in [1.29, 1.82) is 5.26 Å². The summed E-state index contributed by atoms with van der Waals surface area (Å²) in [4.78, 5) is 0. The molecule has 1 aromatic carbocycles. The van der Waals surface area contributed by atoms with Gasteiger partial charge in [0.25, 0.3) is 0 Å². The van der Waals surface area contributed by atoms with E-state index < -0.39 is 34.6 Å². The van der Waals surface area contributed by atoms with Gasteiger partial charge in [0, 0.05) is 5.56 Å². The molecule has 1 aliphatic carbocycles. The molecule has 1 fully saturated rings. The van der Waals surface area contributed by atoms with Crippen molar-refractivity contribution in [2.24, 2.45) is 17.3 Å². The van der Waals surface area contributed by atoms with Crippen LogP contribution in [0.5, 0.6) is 5.75 Å². The number of ether oxygens (including phenoxy) is 2. The number of methoxy groups -OCH3 is 2. The summed E-state index contributed by atoms with van der Waals surface area (Å²) in [6.45, 7) is 3.69. The molecular weight excluding hydrogens is 326 g/mol. The number of hydrogen-bond acceptors (Lipinski definition) is 3. The number of nitrogens with zero attached hydrogens (tertiary/aromatic N) is 1. The van der Waals surface area contributed by atoms with Crippen LogP contribution >= 0.6 is 0 Å². The maximum absolute atomic E-state index is 14.1. The maximum atomic E-state index is 14.1. The monoisotopic (exact) mass is 343 g/mol. The minimum Gasteiger partial charge on any atom is -0.491 e.